The summed E-state index contributed by atoms with van der Waals surface area (Å²) in [6, 6.07) is 3.17. The van der Waals surface area contributed by atoms with Crippen molar-refractivity contribution in [1.29, 1.82) is 0 Å². The number of methoxy groups -OCH3 is 1. The van der Waals surface area contributed by atoms with Crippen LogP contribution in [-0.2, 0) is 9.53 Å². The third-order valence-corrected chi connectivity index (χ3v) is 2.77. The molecule has 7 nitrogen and oxygen atoms in total. The Morgan fingerprint density at radius 2 is 2.09 bits per heavy atom. The third kappa shape index (κ3) is 5.69. The number of ether oxygens (including phenoxy) is 2. The first kappa shape index (κ1) is 17.9. The van der Waals surface area contributed by atoms with Crippen LogP contribution in [0.3, 0.4) is 0 Å². The van der Waals surface area contributed by atoms with Crippen LogP contribution in [0.4, 0.5) is 0 Å². The SMILES string of the molecule is COCC(C)(CC(=O)O)NC(=O)c1ccc(OC(C)C)nc1. The van der Waals surface area contributed by atoms with Gasteiger partial charge in [-0.2, -0.15) is 0 Å². The van der Waals surface area contributed by atoms with Gasteiger partial charge < -0.3 is 19.9 Å². The van der Waals surface area contributed by atoms with E-state index in [-0.39, 0.29) is 19.1 Å². The van der Waals surface area contributed by atoms with Crippen LogP contribution in [0.2, 0.25) is 0 Å². The Morgan fingerprint density at radius 1 is 1.41 bits per heavy atom. The van der Waals surface area contributed by atoms with Crippen LogP contribution < -0.4 is 10.1 Å². The van der Waals surface area contributed by atoms with Crippen LogP contribution in [-0.4, -0.2) is 47.3 Å². The highest BCUT2D eigenvalue weighted by atomic mass is 16.5. The van der Waals surface area contributed by atoms with Crippen LogP contribution >= 0.6 is 0 Å². The van der Waals surface area contributed by atoms with Crippen molar-refractivity contribution in [1.82, 2.24) is 10.3 Å². The van der Waals surface area contributed by atoms with Crippen LogP contribution in [0.15, 0.2) is 18.3 Å². The van der Waals surface area contributed by atoms with Crippen LogP contribution in [0.5, 0.6) is 5.88 Å². The molecule has 0 bridgehead atoms. The number of rotatable bonds is 8. The second kappa shape index (κ2) is 7.74. The van der Waals surface area contributed by atoms with Gasteiger partial charge in [-0.3, -0.25) is 9.59 Å². The Labute approximate surface area is 129 Å². The summed E-state index contributed by atoms with van der Waals surface area (Å²) in [4.78, 5) is 27.2. The van der Waals surface area contributed by atoms with E-state index in [4.69, 9.17) is 14.6 Å². The van der Waals surface area contributed by atoms with Gasteiger partial charge in [0.2, 0.25) is 5.88 Å². The Kier molecular flexibility index (Phi) is 6.30. The second-order valence-electron chi connectivity index (χ2n) is 5.57. The summed E-state index contributed by atoms with van der Waals surface area (Å²) < 4.78 is 10.4. The molecular weight excluding hydrogens is 288 g/mol. The van der Waals surface area contributed by atoms with Gasteiger partial charge in [0.15, 0.2) is 0 Å². The van der Waals surface area contributed by atoms with E-state index in [1.54, 1.807) is 19.1 Å². The Balaban J connectivity index is 2.79. The molecule has 0 saturated carbocycles. The summed E-state index contributed by atoms with van der Waals surface area (Å²) in [6.45, 7) is 5.47. The fourth-order valence-electron chi connectivity index (χ4n) is 1.96. The highest BCUT2D eigenvalue weighted by Crippen LogP contribution is 2.14. The predicted octanol–water partition coefficient (Wildman–Crippen LogP) is 1.48. The lowest BCUT2D eigenvalue weighted by Crippen LogP contribution is -2.50. The van der Waals surface area contributed by atoms with E-state index in [1.807, 2.05) is 13.8 Å². The molecule has 0 fully saturated rings. The highest BCUT2D eigenvalue weighted by Gasteiger charge is 2.30. The first-order valence-corrected chi connectivity index (χ1v) is 6.92. The summed E-state index contributed by atoms with van der Waals surface area (Å²) in [5.74, 6) is -1.00. The maximum absolute atomic E-state index is 12.2. The number of nitrogens with zero attached hydrogens (tertiary/aromatic N) is 1. The van der Waals surface area contributed by atoms with Crippen LogP contribution in [0, 0.1) is 0 Å². The van der Waals surface area contributed by atoms with E-state index in [9.17, 15) is 9.59 Å². The Hall–Kier alpha value is -2.15. The van der Waals surface area contributed by atoms with Crippen molar-refractivity contribution in [2.75, 3.05) is 13.7 Å². The minimum atomic E-state index is -1.02. The first-order valence-electron chi connectivity index (χ1n) is 6.92. The molecule has 1 unspecified atom stereocenters. The lowest BCUT2D eigenvalue weighted by Gasteiger charge is -2.28. The summed E-state index contributed by atoms with van der Waals surface area (Å²) in [5, 5.41) is 11.6. The molecule has 1 atom stereocenters. The van der Waals surface area contributed by atoms with Gasteiger partial charge >= 0.3 is 5.97 Å². The van der Waals surface area contributed by atoms with Crippen LogP contribution in [0.25, 0.3) is 0 Å². The molecule has 0 saturated heterocycles. The molecule has 7 heteroatoms. The zero-order chi connectivity index (χ0) is 16.8. The molecule has 122 valence electrons. The number of carbonyl (C=O) groups excluding carboxylic acids is 1. The normalized spacial score (nSPS) is 13.5. The number of carboxylic acid groups (broad SMARTS) is 1. The molecule has 0 aliphatic rings. The van der Waals surface area contributed by atoms with E-state index in [0.717, 1.165) is 0 Å². The fraction of sp³-hybridized carbons (Fsp3) is 0.533. The topological polar surface area (TPSA) is 97.8 Å². The summed E-state index contributed by atoms with van der Waals surface area (Å²) in [6.07, 6.45) is 1.14. The Morgan fingerprint density at radius 3 is 2.55 bits per heavy atom. The molecule has 2 N–H and O–H groups in total. The maximum Gasteiger partial charge on any atom is 0.305 e. The van der Waals surface area contributed by atoms with E-state index in [2.05, 4.69) is 10.3 Å². The molecule has 0 radical (unpaired) electrons. The second-order valence-corrected chi connectivity index (χ2v) is 5.57. The summed E-state index contributed by atoms with van der Waals surface area (Å²) in [5.41, 5.74) is -0.672. The van der Waals surface area contributed by atoms with Gasteiger partial charge in [0.1, 0.15) is 0 Å². The van der Waals surface area contributed by atoms with E-state index in [1.165, 1.54) is 13.3 Å². The number of aliphatic carboxylic acids is 1. The molecule has 0 spiro atoms. The van der Waals surface area contributed by atoms with Crippen molar-refractivity contribution in [2.45, 2.75) is 38.8 Å². The molecule has 1 heterocycles. The molecule has 0 aliphatic heterocycles. The molecule has 1 aromatic rings. The monoisotopic (exact) mass is 310 g/mol. The summed E-state index contributed by atoms with van der Waals surface area (Å²) in [7, 11) is 1.45. The van der Waals surface area contributed by atoms with E-state index in [0.29, 0.717) is 11.4 Å². The van der Waals surface area contributed by atoms with Gasteiger partial charge in [-0.15, -0.1) is 0 Å². The molecule has 0 aliphatic carbocycles. The molecular formula is C15H22N2O5. The molecule has 1 aromatic heterocycles. The number of aromatic nitrogens is 1. The Bertz CT molecular complexity index is 515. The minimum Gasteiger partial charge on any atom is -0.481 e. The largest absolute Gasteiger partial charge is 0.481 e. The fourth-order valence-corrected chi connectivity index (χ4v) is 1.96. The van der Waals surface area contributed by atoms with Gasteiger partial charge in [-0.25, -0.2) is 4.98 Å². The van der Waals surface area contributed by atoms with E-state index < -0.39 is 17.4 Å². The van der Waals surface area contributed by atoms with Crippen molar-refractivity contribution >= 4 is 11.9 Å². The van der Waals surface area contributed by atoms with E-state index >= 15 is 0 Å². The number of carbonyl (C=O) groups is 2. The van der Waals surface area contributed by atoms with Gasteiger partial charge in [0.25, 0.3) is 5.91 Å². The quantitative estimate of drug-likeness (QED) is 0.754. The standard InChI is InChI=1S/C15H22N2O5/c1-10(2)22-12-6-5-11(8-16-12)14(20)17-15(3,9-21-4)7-13(18)19/h5-6,8,10H,7,9H2,1-4H3,(H,17,20)(H,18,19). The lowest BCUT2D eigenvalue weighted by atomic mass is 9.98. The smallest absolute Gasteiger partial charge is 0.305 e. The number of pyridine rings is 1. The lowest BCUT2D eigenvalue weighted by molar-refractivity contribution is -0.139. The number of hydrogen-bond donors (Lipinski definition) is 2. The minimum absolute atomic E-state index is 0.00672. The number of amides is 1. The number of nitrogens with one attached hydrogen (secondary N) is 1. The van der Waals surface area contributed by atoms with Gasteiger partial charge in [0.05, 0.1) is 30.2 Å². The van der Waals surface area contributed by atoms with Crippen molar-refractivity contribution in [2.24, 2.45) is 0 Å². The maximum atomic E-state index is 12.2. The van der Waals surface area contributed by atoms with Gasteiger partial charge in [-0.1, -0.05) is 0 Å². The van der Waals surface area contributed by atoms with Gasteiger partial charge in [0, 0.05) is 19.4 Å². The number of hydrogen-bond acceptors (Lipinski definition) is 5. The highest BCUT2D eigenvalue weighted by molar-refractivity contribution is 5.94. The third-order valence-electron chi connectivity index (χ3n) is 2.77. The predicted molar refractivity (Wildman–Crippen MR) is 80.0 cm³/mol. The van der Waals surface area contributed by atoms with Crippen molar-refractivity contribution < 1.29 is 24.2 Å². The molecule has 1 rings (SSSR count). The number of carboxylic acids is 1. The zero-order valence-electron chi connectivity index (χ0n) is 13.3. The van der Waals surface area contributed by atoms with Crippen molar-refractivity contribution in [3.8, 4) is 5.88 Å². The molecule has 22 heavy (non-hydrogen) atoms. The average molecular weight is 310 g/mol. The van der Waals surface area contributed by atoms with Crippen molar-refractivity contribution in [3.05, 3.63) is 23.9 Å². The van der Waals surface area contributed by atoms with Gasteiger partial charge in [-0.05, 0) is 26.8 Å². The van der Waals surface area contributed by atoms with Crippen LogP contribution in [0.1, 0.15) is 37.6 Å². The molecule has 0 aromatic carbocycles. The molecule has 1 amide bonds. The summed E-state index contributed by atoms with van der Waals surface area (Å²) >= 11 is 0. The zero-order valence-corrected chi connectivity index (χ0v) is 13.3. The first-order chi connectivity index (χ1) is 10.3. The average Bonchev–Trinajstić information content (AvgIpc) is 2.37. The van der Waals surface area contributed by atoms with Crippen molar-refractivity contribution in [3.63, 3.8) is 0 Å².